The van der Waals surface area contributed by atoms with Gasteiger partial charge in [0.15, 0.2) is 0 Å². The summed E-state index contributed by atoms with van der Waals surface area (Å²) in [7, 11) is 0. The molecule has 3 heterocycles. The number of aliphatic hydroxyl groups is 1. The Balaban J connectivity index is 1.85. The van der Waals surface area contributed by atoms with Crippen molar-refractivity contribution in [2.24, 2.45) is 0 Å². The summed E-state index contributed by atoms with van der Waals surface area (Å²) in [6, 6.07) is 5.61. The van der Waals surface area contributed by atoms with Crippen molar-refractivity contribution in [3.63, 3.8) is 0 Å². The second kappa shape index (κ2) is 4.47. The number of nitrogens with zero attached hydrogens (tertiary/aromatic N) is 3. The summed E-state index contributed by atoms with van der Waals surface area (Å²) in [5, 5.41) is 16.5. The highest BCUT2D eigenvalue weighted by Crippen LogP contribution is 2.23. The van der Waals surface area contributed by atoms with Crippen LogP contribution in [-0.2, 0) is 0 Å². The van der Waals surface area contributed by atoms with Crippen molar-refractivity contribution in [2.75, 3.05) is 6.54 Å². The van der Waals surface area contributed by atoms with E-state index in [0.29, 0.717) is 30.4 Å². The lowest BCUT2D eigenvalue weighted by Crippen LogP contribution is -2.15. The van der Waals surface area contributed by atoms with Crippen LogP contribution < -0.4 is 5.32 Å². The van der Waals surface area contributed by atoms with Gasteiger partial charge in [-0.05, 0) is 25.5 Å². The van der Waals surface area contributed by atoms with Crippen LogP contribution in [0.5, 0.6) is 0 Å². The second-order valence-electron chi connectivity index (χ2n) is 4.47. The van der Waals surface area contributed by atoms with Crippen molar-refractivity contribution in [1.29, 1.82) is 0 Å². The maximum absolute atomic E-state index is 9.46. The minimum absolute atomic E-state index is 0.0638. The average molecular weight is 246 g/mol. The van der Waals surface area contributed by atoms with Crippen molar-refractivity contribution < 1.29 is 9.63 Å². The standard InChI is InChI=1S/C12H14N4O2/c1-7-3-2-4-9(14-7)11-15-12(18-16-11)10-5-8(17)6-13-10/h2-4,8,10,13,17H,5-6H2,1H3/t8?,10-/m0/s1. The normalized spacial score (nSPS) is 23.4. The Bertz CT molecular complexity index is 555. The summed E-state index contributed by atoms with van der Waals surface area (Å²) < 4.78 is 5.22. The molecule has 3 rings (SSSR count). The number of β-amino-alcohol motifs (C(OH)–C–C–N with tert-alkyl or cyclic N) is 1. The van der Waals surface area contributed by atoms with Gasteiger partial charge in [0, 0.05) is 12.2 Å². The van der Waals surface area contributed by atoms with Gasteiger partial charge in [-0.3, -0.25) is 0 Å². The van der Waals surface area contributed by atoms with Crippen molar-refractivity contribution in [3.05, 3.63) is 29.8 Å². The molecule has 94 valence electrons. The maximum Gasteiger partial charge on any atom is 0.244 e. The molecule has 0 bridgehead atoms. The molecule has 0 aromatic carbocycles. The SMILES string of the molecule is Cc1cccc(-c2noc([C@@H]3CC(O)CN3)n2)n1. The van der Waals surface area contributed by atoms with Crippen molar-refractivity contribution in [3.8, 4) is 11.5 Å². The van der Waals surface area contributed by atoms with Gasteiger partial charge in [0.2, 0.25) is 11.7 Å². The first-order valence-electron chi connectivity index (χ1n) is 5.91. The first-order valence-corrected chi connectivity index (χ1v) is 5.91. The van der Waals surface area contributed by atoms with Crippen LogP contribution in [-0.4, -0.2) is 32.9 Å². The fraction of sp³-hybridized carbons (Fsp3) is 0.417. The van der Waals surface area contributed by atoms with E-state index in [-0.39, 0.29) is 12.1 Å². The average Bonchev–Trinajstić information content (AvgIpc) is 2.97. The summed E-state index contributed by atoms with van der Waals surface area (Å²) in [5.74, 6) is 0.988. The van der Waals surface area contributed by atoms with E-state index < -0.39 is 0 Å². The quantitative estimate of drug-likeness (QED) is 0.816. The number of pyridine rings is 1. The zero-order valence-corrected chi connectivity index (χ0v) is 10.00. The molecular formula is C12H14N4O2. The van der Waals surface area contributed by atoms with E-state index in [1.165, 1.54) is 0 Å². The fourth-order valence-electron chi connectivity index (χ4n) is 2.05. The predicted molar refractivity (Wildman–Crippen MR) is 63.6 cm³/mol. The Hall–Kier alpha value is -1.79. The molecule has 0 spiro atoms. The molecule has 1 fully saturated rings. The zero-order chi connectivity index (χ0) is 12.5. The molecule has 0 aliphatic carbocycles. The molecule has 6 heteroatoms. The number of hydrogen-bond acceptors (Lipinski definition) is 6. The van der Waals surface area contributed by atoms with Crippen LogP contribution in [0, 0.1) is 6.92 Å². The molecule has 2 aromatic heterocycles. The minimum Gasteiger partial charge on any atom is -0.392 e. The molecular weight excluding hydrogens is 232 g/mol. The summed E-state index contributed by atoms with van der Waals surface area (Å²) in [6.45, 7) is 2.48. The molecule has 2 N–H and O–H groups in total. The first-order chi connectivity index (χ1) is 8.72. The maximum atomic E-state index is 9.46. The van der Waals surface area contributed by atoms with Gasteiger partial charge in [0.05, 0.1) is 12.1 Å². The number of aryl methyl sites for hydroxylation is 1. The molecule has 0 saturated carbocycles. The van der Waals surface area contributed by atoms with Crippen LogP contribution in [0.25, 0.3) is 11.5 Å². The predicted octanol–water partition coefficient (Wildman–Crippen LogP) is 0.835. The van der Waals surface area contributed by atoms with Gasteiger partial charge in [0.25, 0.3) is 0 Å². The lowest BCUT2D eigenvalue weighted by Gasteiger charge is -2.01. The van der Waals surface area contributed by atoms with Crippen LogP contribution >= 0.6 is 0 Å². The van der Waals surface area contributed by atoms with E-state index in [0.717, 1.165) is 5.69 Å². The lowest BCUT2D eigenvalue weighted by molar-refractivity contribution is 0.191. The number of aliphatic hydroxyl groups excluding tert-OH is 1. The molecule has 2 atom stereocenters. The third kappa shape index (κ3) is 2.12. The Labute approximate surface area is 104 Å². The van der Waals surface area contributed by atoms with Crippen molar-refractivity contribution in [2.45, 2.75) is 25.5 Å². The van der Waals surface area contributed by atoms with E-state index in [1.807, 2.05) is 25.1 Å². The highest BCUT2D eigenvalue weighted by Gasteiger charge is 2.28. The van der Waals surface area contributed by atoms with Gasteiger partial charge >= 0.3 is 0 Å². The molecule has 6 nitrogen and oxygen atoms in total. The molecule has 1 aliphatic heterocycles. The molecule has 1 unspecified atom stereocenters. The van der Waals surface area contributed by atoms with Crippen molar-refractivity contribution in [1.82, 2.24) is 20.4 Å². The zero-order valence-electron chi connectivity index (χ0n) is 10.00. The molecule has 0 radical (unpaired) electrons. The monoisotopic (exact) mass is 246 g/mol. The Morgan fingerprint density at radius 3 is 3.00 bits per heavy atom. The Morgan fingerprint density at radius 1 is 1.39 bits per heavy atom. The van der Waals surface area contributed by atoms with Crippen LogP contribution in [0.3, 0.4) is 0 Å². The molecule has 1 saturated heterocycles. The third-order valence-electron chi connectivity index (χ3n) is 2.96. The summed E-state index contributed by atoms with van der Waals surface area (Å²) >= 11 is 0. The van der Waals surface area contributed by atoms with E-state index >= 15 is 0 Å². The van der Waals surface area contributed by atoms with Gasteiger partial charge in [-0.1, -0.05) is 11.2 Å². The van der Waals surface area contributed by atoms with Crippen LogP contribution in [0.4, 0.5) is 0 Å². The molecule has 18 heavy (non-hydrogen) atoms. The van der Waals surface area contributed by atoms with Crippen LogP contribution in [0.15, 0.2) is 22.7 Å². The minimum atomic E-state index is -0.345. The number of hydrogen-bond donors (Lipinski definition) is 2. The van der Waals surface area contributed by atoms with Gasteiger partial charge in [-0.25, -0.2) is 4.98 Å². The number of nitrogens with one attached hydrogen (secondary N) is 1. The van der Waals surface area contributed by atoms with E-state index in [9.17, 15) is 5.11 Å². The third-order valence-corrected chi connectivity index (χ3v) is 2.96. The van der Waals surface area contributed by atoms with Crippen LogP contribution in [0.2, 0.25) is 0 Å². The lowest BCUT2D eigenvalue weighted by atomic mass is 10.2. The smallest absolute Gasteiger partial charge is 0.244 e. The Kier molecular flexibility index (Phi) is 2.81. The van der Waals surface area contributed by atoms with E-state index in [2.05, 4.69) is 20.4 Å². The highest BCUT2D eigenvalue weighted by atomic mass is 16.5. The number of aromatic nitrogens is 3. The largest absolute Gasteiger partial charge is 0.392 e. The second-order valence-corrected chi connectivity index (χ2v) is 4.47. The van der Waals surface area contributed by atoms with Gasteiger partial charge in [-0.2, -0.15) is 4.98 Å². The first kappa shape index (κ1) is 11.3. The summed E-state index contributed by atoms with van der Waals surface area (Å²) in [5.41, 5.74) is 1.61. The highest BCUT2D eigenvalue weighted by molar-refractivity contribution is 5.48. The fourth-order valence-corrected chi connectivity index (χ4v) is 2.05. The summed E-state index contributed by atoms with van der Waals surface area (Å²) in [4.78, 5) is 8.67. The van der Waals surface area contributed by atoms with Gasteiger partial charge in [-0.15, -0.1) is 0 Å². The number of rotatable bonds is 2. The van der Waals surface area contributed by atoms with E-state index in [4.69, 9.17) is 4.52 Å². The van der Waals surface area contributed by atoms with Crippen molar-refractivity contribution >= 4 is 0 Å². The van der Waals surface area contributed by atoms with E-state index in [1.54, 1.807) is 0 Å². The molecule has 1 aliphatic rings. The topological polar surface area (TPSA) is 84.1 Å². The summed E-state index contributed by atoms with van der Waals surface area (Å²) in [6.07, 6.45) is 0.255. The van der Waals surface area contributed by atoms with Gasteiger partial charge < -0.3 is 14.9 Å². The Morgan fingerprint density at radius 2 is 2.28 bits per heavy atom. The molecule has 2 aromatic rings. The molecule has 0 amide bonds. The van der Waals surface area contributed by atoms with Gasteiger partial charge in [0.1, 0.15) is 5.69 Å². The van der Waals surface area contributed by atoms with Crippen LogP contribution in [0.1, 0.15) is 24.0 Å².